The Kier molecular flexibility index (Phi) is 4.24. The first-order chi connectivity index (χ1) is 11.6. The second-order valence-electron chi connectivity index (χ2n) is 4.80. The molecule has 0 saturated heterocycles. The van der Waals surface area contributed by atoms with Crippen LogP contribution in [0.15, 0.2) is 46.9 Å². The number of benzene rings is 2. The van der Waals surface area contributed by atoms with Crippen molar-refractivity contribution in [3.8, 4) is 17.2 Å². The predicted octanol–water partition coefficient (Wildman–Crippen LogP) is 4.18. The minimum absolute atomic E-state index is 0.0177. The fraction of sp³-hybridized carbons (Fsp3) is 0.0588. The number of oxazole rings is 1. The largest absolute Gasteiger partial charge is 0.497 e. The zero-order valence-corrected chi connectivity index (χ0v) is 12.5. The van der Waals surface area contributed by atoms with Crippen LogP contribution in [0.25, 0.3) is 11.5 Å². The normalized spacial score (nSPS) is 10.5. The molecule has 3 rings (SSSR count). The molecular weight excluding hydrogens is 318 g/mol. The summed E-state index contributed by atoms with van der Waals surface area (Å²) in [6.07, 6.45) is 0.439. The third-order valence-electron chi connectivity index (χ3n) is 3.27. The molecule has 2 aromatic carbocycles. The maximum Gasteiger partial charge on any atom is 0.235 e. The molecule has 1 heterocycles. The van der Waals surface area contributed by atoms with E-state index in [0.29, 0.717) is 17.7 Å². The molecule has 0 radical (unpaired) electrons. The molecule has 0 atom stereocenters. The van der Waals surface area contributed by atoms with Gasteiger partial charge in [0, 0.05) is 11.8 Å². The Hall–Kier alpha value is -3.22. The summed E-state index contributed by atoms with van der Waals surface area (Å²) in [5.74, 6) is -1.41. The van der Waals surface area contributed by atoms with Gasteiger partial charge in [0.1, 0.15) is 22.9 Å². The number of carbonyl (C=O) groups excluding carboxylic acids is 1. The molecule has 0 spiro atoms. The van der Waals surface area contributed by atoms with Crippen molar-refractivity contribution in [2.24, 2.45) is 0 Å². The summed E-state index contributed by atoms with van der Waals surface area (Å²) < 4.78 is 38.1. The first-order valence-electron chi connectivity index (χ1n) is 6.94. The smallest absolute Gasteiger partial charge is 0.235 e. The van der Waals surface area contributed by atoms with Crippen LogP contribution in [0.5, 0.6) is 5.75 Å². The summed E-state index contributed by atoms with van der Waals surface area (Å²) in [5, 5.41) is 2.84. The van der Waals surface area contributed by atoms with Gasteiger partial charge < -0.3 is 14.5 Å². The summed E-state index contributed by atoms with van der Waals surface area (Å²) in [5.41, 5.74) is 0.0314. The minimum Gasteiger partial charge on any atom is -0.497 e. The van der Waals surface area contributed by atoms with Crippen LogP contribution in [0, 0.1) is 11.6 Å². The lowest BCUT2D eigenvalue weighted by molar-refractivity contribution is 0.112. The van der Waals surface area contributed by atoms with Crippen LogP contribution in [-0.2, 0) is 0 Å². The van der Waals surface area contributed by atoms with Crippen molar-refractivity contribution in [2.45, 2.75) is 0 Å². The lowest BCUT2D eigenvalue weighted by atomic mass is 10.2. The van der Waals surface area contributed by atoms with Crippen molar-refractivity contribution in [3.05, 3.63) is 59.8 Å². The lowest BCUT2D eigenvalue weighted by Gasteiger charge is -2.05. The van der Waals surface area contributed by atoms with E-state index in [1.807, 2.05) is 0 Å². The highest BCUT2D eigenvalue weighted by Gasteiger charge is 2.20. The van der Waals surface area contributed by atoms with Gasteiger partial charge in [-0.15, -0.1) is 0 Å². The molecule has 3 aromatic rings. The first kappa shape index (κ1) is 15.7. The highest BCUT2D eigenvalue weighted by Crippen LogP contribution is 2.31. The van der Waals surface area contributed by atoms with Gasteiger partial charge in [0.15, 0.2) is 12.0 Å². The fourth-order valence-corrected chi connectivity index (χ4v) is 2.14. The Balaban J connectivity index is 2.00. The molecule has 0 unspecified atom stereocenters. The van der Waals surface area contributed by atoms with E-state index < -0.39 is 17.2 Å². The van der Waals surface area contributed by atoms with E-state index in [2.05, 4.69) is 10.3 Å². The van der Waals surface area contributed by atoms with Gasteiger partial charge in [-0.25, -0.2) is 13.8 Å². The average Bonchev–Trinajstić information content (AvgIpc) is 2.97. The Morgan fingerprint density at radius 2 is 1.88 bits per heavy atom. The van der Waals surface area contributed by atoms with Gasteiger partial charge in [-0.05, 0) is 24.3 Å². The van der Waals surface area contributed by atoms with Crippen LogP contribution in [0.1, 0.15) is 10.5 Å². The van der Waals surface area contributed by atoms with Crippen molar-refractivity contribution in [2.75, 3.05) is 12.4 Å². The number of ether oxygens (including phenoxy) is 1. The quantitative estimate of drug-likeness (QED) is 0.711. The third-order valence-corrected chi connectivity index (χ3v) is 3.27. The molecule has 24 heavy (non-hydrogen) atoms. The Bertz CT molecular complexity index is 873. The maximum absolute atomic E-state index is 13.8. The van der Waals surface area contributed by atoms with Crippen molar-refractivity contribution >= 4 is 17.9 Å². The van der Waals surface area contributed by atoms with Crippen LogP contribution in [0.2, 0.25) is 0 Å². The van der Waals surface area contributed by atoms with Gasteiger partial charge in [0.05, 0.1) is 7.11 Å². The van der Waals surface area contributed by atoms with E-state index in [1.54, 1.807) is 24.3 Å². The number of methoxy groups -OCH3 is 1. The standard InChI is InChI=1S/C17H12F2N2O3/c1-23-11-5-2-4-10(8-11)20-16-14(9-22)21-17(24-16)15-12(18)6-3-7-13(15)19/h2-9,20H,1H3. The molecular formula is C17H12F2N2O3. The topological polar surface area (TPSA) is 64.4 Å². The van der Waals surface area contributed by atoms with E-state index in [1.165, 1.54) is 13.2 Å². The summed E-state index contributed by atoms with van der Waals surface area (Å²) >= 11 is 0. The van der Waals surface area contributed by atoms with Gasteiger partial charge >= 0.3 is 0 Å². The van der Waals surface area contributed by atoms with Gasteiger partial charge in [-0.1, -0.05) is 12.1 Å². The Labute approximate surface area is 135 Å². The van der Waals surface area contributed by atoms with Gasteiger partial charge in [0.2, 0.25) is 11.8 Å². The van der Waals surface area contributed by atoms with E-state index in [-0.39, 0.29) is 17.5 Å². The number of aldehydes is 1. The number of rotatable bonds is 5. The summed E-state index contributed by atoms with van der Waals surface area (Å²) in [6, 6.07) is 10.2. The predicted molar refractivity (Wildman–Crippen MR) is 83.5 cm³/mol. The second kappa shape index (κ2) is 6.49. The highest BCUT2D eigenvalue weighted by molar-refractivity contribution is 5.82. The minimum atomic E-state index is -0.832. The molecule has 122 valence electrons. The third kappa shape index (κ3) is 2.96. The van der Waals surface area contributed by atoms with E-state index in [9.17, 15) is 13.6 Å². The molecule has 0 fully saturated rings. The Morgan fingerprint density at radius 3 is 2.54 bits per heavy atom. The molecule has 0 aliphatic carbocycles. The summed E-state index contributed by atoms with van der Waals surface area (Å²) in [7, 11) is 1.52. The molecule has 0 aliphatic heterocycles. The van der Waals surface area contributed by atoms with Crippen LogP contribution in [0.3, 0.4) is 0 Å². The second-order valence-corrected chi connectivity index (χ2v) is 4.80. The van der Waals surface area contributed by atoms with Crippen LogP contribution in [-0.4, -0.2) is 18.4 Å². The molecule has 5 nitrogen and oxygen atoms in total. The molecule has 1 N–H and O–H groups in total. The number of hydrogen-bond donors (Lipinski definition) is 1. The number of carbonyl (C=O) groups is 1. The Morgan fingerprint density at radius 1 is 1.17 bits per heavy atom. The number of nitrogens with zero attached hydrogens (tertiary/aromatic N) is 1. The number of hydrogen-bond acceptors (Lipinski definition) is 5. The number of aromatic nitrogens is 1. The maximum atomic E-state index is 13.8. The lowest BCUT2D eigenvalue weighted by Crippen LogP contribution is -1.93. The van der Waals surface area contributed by atoms with Crippen LogP contribution >= 0.6 is 0 Å². The first-order valence-corrected chi connectivity index (χ1v) is 6.94. The van der Waals surface area contributed by atoms with E-state index in [0.717, 1.165) is 12.1 Å². The SMILES string of the molecule is COc1cccc(Nc2oc(-c3c(F)cccc3F)nc2C=O)c1. The summed E-state index contributed by atoms with van der Waals surface area (Å²) in [6.45, 7) is 0. The van der Waals surface area contributed by atoms with Crippen molar-refractivity contribution < 1.29 is 22.7 Å². The van der Waals surface area contributed by atoms with Crippen molar-refractivity contribution in [3.63, 3.8) is 0 Å². The summed E-state index contributed by atoms with van der Waals surface area (Å²) in [4.78, 5) is 15.0. The van der Waals surface area contributed by atoms with Gasteiger partial charge in [-0.3, -0.25) is 4.79 Å². The number of anilines is 2. The van der Waals surface area contributed by atoms with Gasteiger partial charge in [0.25, 0.3) is 0 Å². The van der Waals surface area contributed by atoms with E-state index in [4.69, 9.17) is 9.15 Å². The number of halogens is 2. The molecule has 0 amide bonds. The van der Waals surface area contributed by atoms with Crippen LogP contribution < -0.4 is 10.1 Å². The van der Waals surface area contributed by atoms with Crippen molar-refractivity contribution in [1.82, 2.24) is 4.98 Å². The highest BCUT2D eigenvalue weighted by atomic mass is 19.1. The fourth-order valence-electron chi connectivity index (χ4n) is 2.14. The zero-order chi connectivity index (χ0) is 17.1. The zero-order valence-electron chi connectivity index (χ0n) is 12.5. The molecule has 7 heteroatoms. The van der Waals surface area contributed by atoms with E-state index >= 15 is 0 Å². The molecule has 0 aliphatic rings. The molecule has 1 aromatic heterocycles. The molecule has 0 saturated carbocycles. The average molecular weight is 330 g/mol. The number of nitrogens with one attached hydrogen (secondary N) is 1. The van der Waals surface area contributed by atoms with Gasteiger partial charge in [-0.2, -0.15) is 0 Å². The molecule has 0 bridgehead atoms. The van der Waals surface area contributed by atoms with Crippen molar-refractivity contribution in [1.29, 1.82) is 0 Å². The van der Waals surface area contributed by atoms with Crippen LogP contribution in [0.4, 0.5) is 20.4 Å². The monoisotopic (exact) mass is 330 g/mol.